The lowest BCUT2D eigenvalue weighted by Gasteiger charge is -2.30. The van der Waals surface area contributed by atoms with Crippen molar-refractivity contribution in [3.05, 3.63) is 24.3 Å². The number of nitrogens with zero attached hydrogens (tertiary/aromatic N) is 1. The highest BCUT2D eigenvalue weighted by molar-refractivity contribution is 6.29. The van der Waals surface area contributed by atoms with Crippen LogP contribution >= 0.6 is 11.6 Å². The van der Waals surface area contributed by atoms with Crippen molar-refractivity contribution < 1.29 is 9.53 Å². The van der Waals surface area contributed by atoms with Crippen LogP contribution in [-0.2, 0) is 4.79 Å². The fourth-order valence-corrected chi connectivity index (χ4v) is 2.39. The fraction of sp³-hybridized carbons (Fsp3) is 0.500. The van der Waals surface area contributed by atoms with Crippen LogP contribution in [0.2, 0.25) is 0 Å². The standard InChI is InChI=1S/C14H18ClNO2/c1-10(11-7-8-11)16(14(17)9-15)12-5-3-4-6-13(12)18-2/h3-6,10-11H,7-9H2,1-2H3. The number of para-hydroxylation sites is 2. The molecule has 1 aromatic carbocycles. The number of halogens is 1. The van der Waals surface area contributed by atoms with Gasteiger partial charge in [0.2, 0.25) is 5.91 Å². The van der Waals surface area contributed by atoms with Gasteiger partial charge in [-0.1, -0.05) is 12.1 Å². The molecule has 0 aromatic heterocycles. The molecule has 0 saturated heterocycles. The fourth-order valence-electron chi connectivity index (χ4n) is 2.26. The van der Waals surface area contributed by atoms with E-state index in [2.05, 4.69) is 6.92 Å². The Labute approximate surface area is 113 Å². The van der Waals surface area contributed by atoms with Gasteiger partial charge < -0.3 is 9.64 Å². The minimum absolute atomic E-state index is 0.00485. The van der Waals surface area contributed by atoms with Crippen LogP contribution in [0.1, 0.15) is 19.8 Å². The summed E-state index contributed by atoms with van der Waals surface area (Å²) in [6, 6.07) is 7.75. The van der Waals surface area contributed by atoms with E-state index in [0.29, 0.717) is 11.7 Å². The van der Waals surface area contributed by atoms with Crippen molar-refractivity contribution in [3.8, 4) is 5.75 Å². The topological polar surface area (TPSA) is 29.5 Å². The number of anilines is 1. The molecule has 1 aliphatic carbocycles. The summed E-state index contributed by atoms with van der Waals surface area (Å²) in [6.45, 7) is 2.08. The van der Waals surface area contributed by atoms with Gasteiger partial charge in [-0.2, -0.15) is 0 Å². The molecule has 1 fully saturated rings. The largest absolute Gasteiger partial charge is 0.495 e. The van der Waals surface area contributed by atoms with Crippen molar-refractivity contribution in [3.63, 3.8) is 0 Å². The van der Waals surface area contributed by atoms with Gasteiger partial charge in [0.05, 0.1) is 12.8 Å². The van der Waals surface area contributed by atoms with Gasteiger partial charge in [0.25, 0.3) is 0 Å². The van der Waals surface area contributed by atoms with Gasteiger partial charge in [-0.25, -0.2) is 0 Å². The number of methoxy groups -OCH3 is 1. The lowest BCUT2D eigenvalue weighted by molar-refractivity contribution is -0.116. The molecule has 98 valence electrons. The molecule has 18 heavy (non-hydrogen) atoms. The summed E-state index contributed by atoms with van der Waals surface area (Å²) in [7, 11) is 1.62. The third-order valence-electron chi connectivity index (χ3n) is 3.44. The molecule has 0 spiro atoms. The molecule has 0 radical (unpaired) electrons. The zero-order chi connectivity index (χ0) is 13.1. The average molecular weight is 268 g/mol. The number of rotatable bonds is 5. The van der Waals surface area contributed by atoms with Gasteiger partial charge in [0, 0.05) is 6.04 Å². The summed E-state index contributed by atoms with van der Waals surface area (Å²) in [5.74, 6) is 1.22. The number of ether oxygens (including phenoxy) is 1. The lowest BCUT2D eigenvalue weighted by atomic mass is 10.1. The van der Waals surface area contributed by atoms with Gasteiger partial charge in [0.1, 0.15) is 11.6 Å². The molecule has 0 bridgehead atoms. The molecule has 1 unspecified atom stereocenters. The monoisotopic (exact) mass is 267 g/mol. The summed E-state index contributed by atoms with van der Waals surface area (Å²) in [6.07, 6.45) is 2.37. The van der Waals surface area contributed by atoms with Crippen LogP contribution in [0, 0.1) is 5.92 Å². The Kier molecular flexibility index (Phi) is 4.12. The number of benzene rings is 1. The molecule has 3 nitrogen and oxygen atoms in total. The Morgan fingerprint density at radius 2 is 2.17 bits per heavy atom. The molecule has 1 aromatic rings. The third kappa shape index (κ3) is 2.61. The summed E-state index contributed by atoms with van der Waals surface area (Å²) in [5.41, 5.74) is 0.810. The van der Waals surface area contributed by atoms with Crippen LogP contribution < -0.4 is 9.64 Å². The Hall–Kier alpha value is -1.22. The van der Waals surface area contributed by atoms with E-state index >= 15 is 0 Å². The number of carbonyl (C=O) groups is 1. The maximum absolute atomic E-state index is 12.1. The Balaban J connectivity index is 2.35. The van der Waals surface area contributed by atoms with E-state index in [4.69, 9.17) is 16.3 Å². The highest BCUT2D eigenvalue weighted by atomic mass is 35.5. The first kappa shape index (κ1) is 13.2. The molecular weight excluding hydrogens is 250 g/mol. The molecule has 1 atom stereocenters. The minimum atomic E-state index is -0.0689. The Morgan fingerprint density at radius 1 is 1.50 bits per heavy atom. The Bertz CT molecular complexity index is 432. The number of amides is 1. The first-order chi connectivity index (χ1) is 8.69. The maximum Gasteiger partial charge on any atom is 0.242 e. The zero-order valence-corrected chi connectivity index (χ0v) is 11.5. The van der Waals surface area contributed by atoms with E-state index in [9.17, 15) is 4.79 Å². The molecule has 1 saturated carbocycles. The molecule has 0 N–H and O–H groups in total. The second-order valence-corrected chi connectivity index (χ2v) is 4.91. The number of hydrogen-bond acceptors (Lipinski definition) is 2. The summed E-state index contributed by atoms with van der Waals surface area (Å²) in [5, 5.41) is 0. The van der Waals surface area contributed by atoms with Gasteiger partial charge >= 0.3 is 0 Å². The smallest absolute Gasteiger partial charge is 0.242 e. The second-order valence-electron chi connectivity index (χ2n) is 4.65. The predicted octanol–water partition coefficient (Wildman–Crippen LogP) is 3.07. The quantitative estimate of drug-likeness (QED) is 0.768. The molecular formula is C14H18ClNO2. The van der Waals surface area contributed by atoms with Gasteiger partial charge in [-0.3, -0.25) is 4.79 Å². The van der Waals surface area contributed by atoms with Crippen LogP contribution in [0.25, 0.3) is 0 Å². The van der Waals surface area contributed by atoms with Crippen molar-refractivity contribution in [1.82, 2.24) is 0 Å². The first-order valence-electron chi connectivity index (χ1n) is 6.20. The lowest BCUT2D eigenvalue weighted by Crippen LogP contribution is -2.41. The SMILES string of the molecule is COc1ccccc1N(C(=O)CCl)C(C)C1CC1. The number of carbonyl (C=O) groups excluding carboxylic acids is 1. The van der Waals surface area contributed by atoms with E-state index in [-0.39, 0.29) is 17.8 Å². The van der Waals surface area contributed by atoms with Crippen LogP contribution in [0.4, 0.5) is 5.69 Å². The minimum Gasteiger partial charge on any atom is -0.495 e. The van der Waals surface area contributed by atoms with Gasteiger partial charge in [-0.05, 0) is 37.8 Å². The van der Waals surface area contributed by atoms with Crippen molar-refractivity contribution >= 4 is 23.2 Å². The van der Waals surface area contributed by atoms with Crippen molar-refractivity contribution in [2.45, 2.75) is 25.8 Å². The normalized spacial score (nSPS) is 16.2. The molecule has 2 rings (SSSR count). The van der Waals surface area contributed by atoms with E-state index in [1.165, 1.54) is 12.8 Å². The number of alkyl halides is 1. The zero-order valence-electron chi connectivity index (χ0n) is 10.7. The van der Waals surface area contributed by atoms with Gasteiger partial charge in [0.15, 0.2) is 0 Å². The van der Waals surface area contributed by atoms with Gasteiger partial charge in [-0.15, -0.1) is 11.6 Å². The highest BCUT2D eigenvalue weighted by Gasteiger charge is 2.35. The predicted molar refractivity (Wildman–Crippen MR) is 73.4 cm³/mol. The van der Waals surface area contributed by atoms with Crippen molar-refractivity contribution in [2.24, 2.45) is 5.92 Å². The summed E-state index contributed by atoms with van der Waals surface area (Å²) in [4.78, 5) is 13.9. The molecule has 1 amide bonds. The van der Waals surface area contributed by atoms with E-state index in [0.717, 1.165) is 5.69 Å². The average Bonchev–Trinajstić information content (AvgIpc) is 3.23. The van der Waals surface area contributed by atoms with Crippen molar-refractivity contribution in [2.75, 3.05) is 17.9 Å². The van der Waals surface area contributed by atoms with Crippen molar-refractivity contribution in [1.29, 1.82) is 0 Å². The second kappa shape index (κ2) is 5.61. The third-order valence-corrected chi connectivity index (χ3v) is 3.67. The van der Waals surface area contributed by atoms with Crippen LogP contribution in [0.3, 0.4) is 0 Å². The summed E-state index contributed by atoms with van der Waals surface area (Å²) >= 11 is 5.73. The molecule has 4 heteroatoms. The maximum atomic E-state index is 12.1. The van der Waals surface area contributed by atoms with E-state index in [1.54, 1.807) is 12.0 Å². The first-order valence-corrected chi connectivity index (χ1v) is 6.73. The Morgan fingerprint density at radius 3 is 2.72 bits per heavy atom. The van der Waals surface area contributed by atoms with E-state index in [1.807, 2.05) is 24.3 Å². The molecule has 0 heterocycles. The summed E-state index contributed by atoms with van der Waals surface area (Å²) < 4.78 is 5.33. The molecule has 0 aliphatic heterocycles. The van der Waals surface area contributed by atoms with E-state index < -0.39 is 0 Å². The molecule has 1 aliphatic rings. The van der Waals surface area contributed by atoms with Crippen LogP contribution in [0.15, 0.2) is 24.3 Å². The highest BCUT2D eigenvalue weighted by Crippen LogP contribution is 2.39. The van der Waals surface area contributed by atoms with Crippen LogP contribution in [-0.4, -0.2) is 24.9 Å². The van der Waals surface area contributed by atoms with Crippen LogP contribution in [0.5, 0.6) is 5.75 Å². The number of hydrogen-bond donors (Lipinski definition) is 0.